The third-order valence-corrected chi connectivity index (χ3v) is 3.77. The van der Waals surface area contributed by atoms with Crippen LogP contribution in [0.5, 0.6) is 5.75 Å². The van der Waals surface area contributed by atoms with Gasteiger partial charge >= 0.3 is 0 Å². The number of halogens is 1. The summed E-state index contributed by atoms with van der Waals surface area (Å²) >= 11 is 0. The first-order chi connectivity index (χ1) is 12.1. The van der Waals surface area contributed by atoms with Crippen LogP contribution in [0.4, 0.5) is 0 Å². The number of methoxy groups -OCH3 is 1. The fourth-order valence-electron chi connectivity index (χ4n) is 2.39. The SMILES string of the molecule is CCN[C@H](C)CNC(=O)CCCc1nc(-c2ccc(OC)cc2)no1.Cl. The first-order valence-electron chi connectivity index (χ1n) is 8.59. The van der Waals surface area contributed by atoms with E-state index in [1.165, 1.54) is 0 Å². The molecule has 2 aromatic rings. The predicted octanol–water partition coefficient (Wildman–Crippen LogP) is 2.60. The second-order valence-electron chi connectivity index (χ2n) is 5.86. The van der Waals surface area contributed by atoms with Gasteiger partial charge < -0.3 is 19.9 Å². The number of likely N-dealkylation sites (N-methyl/N-ethyl adjacent to an activating group) is 1. The molecule has 0 aliphatic rings. The van der Waals surface area contributed by atoms with E-state index in [0.717, 1.165) is 17.9 Å². The van der Waals surface area contributed by atoms with Gasteiger partial charge in [0.2, 0.25) is 17.6 Å². The Morgan fingerprint density at radius 3 is 2.69 bits per heavy atom. The average molecular weight is 383 g/mol. The molecule has 26 heavy (non-hydrogen) atoms. The van der Waals surface area contributed by atoms with Gasteiger partial charge in [0.1, 0.15) is 5.75 Å². The molecule has 0 saturated carbocycles. The highest BCUT2D eigenvalue weighted by atomic mass is 35.5. The van der Waals surface area contributed by atoms with Crippen LogP contribution in [0.3, 0.4) is 0 Å². The number of carbonyl (C=O) groups excluding carboxylic acids is 1. The normalized spacial score (nSPS) is 11.5. The molecule has 0 bridgehead atoms. The number of rotatable bonds is 10. The summed E-state index contributed by atoms with van der Waals surface area (Å²) in [5.74, 6) is 1.91. The second kappa shape index (κ2) is 11.5. The van der Waals surface area contributed by atoms with Crippen LogP contribution in [-0.4, -0.2) is 42.3 Å². The summed E-state index contributed by atoms with van der Waals surface area (Å²) in [6, 6.07) is 7.74. The van der Waals surface area contributed by atoms with Gasteiger partial charge in [-0.15, -0.1) is 12.4 Å². The van der Waals surface area contributed by atoms with Gasteiger partial charge in [0.25, 0.3) is 0 Å². The average Bonchev–Trinajstić information content (AvgIpc) is 3.09. The highest BCUT2D eigenvalue weighted by molar-refractivity contribution is 5.85. The molecule has 1 heterocycles. The lowest BCUT2D eigenvalue weighted by molar-refractivity contribution is -0.121. The lowest BCUT2D eigenvalue weighted by atomic mass is 10.2. The van der Waals surface area contributed by atoms with E-state index in [-0.39, 0.29) is 24.4 Å². The first-order valence-corrected chi connectivity index (χ1v) is 8.59. The zero-order chi connectivity index (χ0) is 18.1. The molecule has 0 unspecified atom stereocenters. The Labute approximate surface area is 160 Å². The zero-order valence-corrected chi connectivity index (χ0v) is 16.3. The summed E-state index contributed by atoms with van der Waals surface area (Å²) in [4.78, 5) is 16.2. The van der Waals surface area contributed by atoms with E-state index in [9.17, 15) is 4.79 Å². The van der Waals surface area contributed by atoms with Gasteiger partial charge in [0.15, 0.2) is 0 Å². The van der Waals surface area contributed by atoms with E-state index < -0.39 is 0 Å². The van der Waals surface area contributed by atoms with Crippen LogP contribution < -0.4 is 15.4 Å². The minimum atomic E-state index is 0. The number of carbonyl (C=O) groups is 1. The van der Waals surface area contributed by atoms with Crippen molar-refractivity contribution in [1.29, 1.82) is 0 Å². The molecule has 0 aliphatic carbocycles. The summed E-state index contributed by atoms with van der Waals surface area (Å²) in [5.41, 5.74) is 0.867. The molecule has 7 nitrogen and oxygen atoms in total. The number of ether oxygens (including phenoxy) is 1. The molecule has 1 amide bonds. The molecule has 1 aromatic heterocycles. The van der Waals surface area contributed by atoms with Crippen LogP contribution in [0.2, 0.25) is 0 Å². The maximum Gasteiger partial charge on any atom is 0.226 e. The lowest BCUT2D eigenvalue weighted by Gasteiger charge is -2.12. The van der Waals surface area contributed by atoms with Crippen molar-refractivity contribution >= 4 is 18.3 Å². The maximum atomic E-state index is 11.8. The summed E-state index contributed by atoms with van der Waals surface area (Å²) in [7, 11) is 1.62. The Morgan fingerprint density at radius 2 is 2.04 bits per heavy atom. The number of aryl methyl sites for hydroxylation is 1. The summed E-state index contributed by atoms with van der Waals surface area (Å²) in [6.07, 6.45) is 1.70. The van der Waals surface area contributed by atoms with Gasteiger partial charge in [-0.25, -0.2) is 0 Å². The summed E-state index contributed by atoms with van der Waals surface area (Å²) in [6.45, 7) is 5.62. The quantitative estimate of drug-likeness (QED) is 0.656. The molecular weight excluding hydrogens is 356 g/mol. The molecule has 1 aromatic carbocycles. The Kier molecular flexibility index (Phi) is 9.69. The van der Waals surface area contributed by atoms with Crippen LogP contribution in [0.25, 0.3) is 11.4 Å². The molecule has 1 atom stereocenters. The van der Waals surface area contributed by atoms with Crippen molar-refractivity contribution in [2.24, 2.45) is 0 Å². The monoisotopic (exact) mass is 382 g/mol. The van der Waals surface area contributed by atoms with Crippen molar-refractivity contribution in [2.45, 2.75) is 39.2 Å². The number of nitrogens with zero attached hydrogens (tertiary/aromatic N) is 2. The Morgan fingerprint density at radius 1 is 1.31 bits per heavy atom. The molecule has 0 radical (unpaired) electrons. The minimum Gasteiger partial charge on any atom is -0.497 e. The van der Waals surface area contributed by atoms with Crippen LogP contribution in [0, 0.1) is 0 Å². The Bertz CT molecular complexity index is 661. The highest BCUT2D eigenvalue weighted by Crippen LogP contribution is 2.20. The summed E-state index contributed by atoms with van der Waals surface area (Å²) in [5, 5.41) is 10.2. The van der Waals surface area contributed by atoms with E-state index in [1.807, 2.05) is 38.1 Å². The molecule has 2 N–H and O–H groups in total. The number of aromatic nitrogens is 2. The number of amides is 1. The Hall–Kier alpha value is -2.12. The predicted molar refractivity (Wildman–Crippen MR) is 103 cm³/mol. The largest absolute Gasteiger partial charge is 0.497 e. The fourth-order valence-corrected chi connectivity index (χ4v) is 2.39. The highest BCUT2D eigenvalue weighted by Gasteiger charge is 2.10. The zero-order valence-electron chi connectivity index (χ0n) is 15.4. The lowest BCUT2D eigenvalue weighted by Crippen LogP contribution is -2.38. The fraction of sp³-hybridized carbons (Fsp3) is 0.500. The molecule has 0 fully saturated rings. The van der Waals surface area contributed by atoms with Gasteiger partial charge in [0, 0.05) is 31.0 Å². The van der Waals surface area contributed by atoms with Gasteiger partial charge in [-0.2, -0.15) is 4.98 Å². The standard InChI is InChI=1S/C18H26N4O3.ClH/c1-4-19-13(2)12-20-16(23)6-5-7-17-21-18(22-25-17)14-8-10-15(24-3)11-9-14;/h8-11,13,19H,4-7,12H2,1-3H3,(H,20,23);1H/t13-;/m1./s1. The number of nitrogens with one attached hydrogen (secondary N) is 2. The molecular formula is C18H27ClN4O3. The van der Waals surface area contributed by atoms with Crippen molar-refractivity contribution in [3.8, 4) is 17.1 Å². The van der Waals surface area contributed by atoms with Crippen molar-refractivity contribution in [2.75, 3.05) is 20.2 Å². The van der Waals surface area contributed by atoms with Crippen molar-refractivity contribution < 1.29 is 14.1 Å². The minimum absolute atomic E-state index is 0. The molecule has 0 saturated heterocycles. The van der Waals surface area contributed by atoms with Crippen molar-refractivity contribution in [1.82, 2.24) is 20.8 Å². The van der Waals surface area contributed by atoms with Gasteiger partial charge in [-0.05, 0) is 44.2 Å². The molecule has 0 spiro atoms. The van der Waals surface area contributed by atoms with Crippen molar-refractivity contribution in [3.63, 3.8) is 0 Å². The van der Waals surface area contributed by atoms with E-state index in [2.05, 4.69) is 20.8 Å². The van der Waals surface area contributed by atoms with Crippen LogP contribution >= 0.6 is 12.4 Å². The van der Waals surface area contributed by atoms with Crippen LogP contribution in [-0.2, 0) is 11.2 Å². The van der Waals surface area contributed by atoms with E-state index >= 15 is 0 Å². The topological polar surface area (TPSA) is 89.3 Å². The number of benzene rings is 1. The molecule has 0 aliphatic heterocycles. The molecule has 2 rings (SSSR count). The molecule has 8 heteroatoms. The third-order valence-electron chi connectivity index (χ3n) is 3.77. The van der Waals surface area contributed by atoms with E-state index in [0.29, 0.717) is 37.5 Å². The van der Waals surface area contributed by atoms with E-state index in [1.54, 1.807) is 7.11 Å². The van der Waals surface area contributed by atoms with Crippen LogP contribution in [0.1, 0.15) is 32.6 Å². The number of hydrogen-bond acceptors (Lipinski definition) is 6. The summed E-state index contributed by atoms with van der Waals surface area (Å²) < 4.78 is 10.4. The number of hydrogen-bond donors (Lipinski definition) is 2. The maximum absolute atomic E-state index is 11.8. The first kappa shape index (κ1) is 21.9. The van der Waals surface area contributed by atoms with Gasteiger partial charge in [-0.1, -0.05) is 12.1 Å². The Balaban J connectivity index is 0.00000338. The van der Waals surface area contributed by atoms with Gasteiger partial charge in [-0.3, -0.25) is 4.79 Å². The van der Waals surface area contributed by atoms with Crippen LogP contribution in [0.15, 0.2) is 28.8 Å². The smallest absolute Gasteiger partial charge is 0.226 e. The van der Waals surface area contributed by atoms with E-state index in [4.69, 9.17) is 9.26 Å². The third kappa shape index (κ3) is 7.01. The molecule has 144 valence electrons. The van der Waals surface area contributed by atoms with Crippen molar-refractivity contribution in [3.05, 3.63) is 30.2 Å². The second-order valence-corrected chi connectivity index (χ2v) is 5.86. The van der Waals surface area contributed by atoms with Gasteiger partial charge in [0.05, 0.1) is 7.11 Å².